The molecule has 2 N–H and O–H groups in total. The van der Waals surface area contributed by atoms with Crippen LogP contribution in [0.5, 0.6) is 0 Å². The van der Waals surface area contributed by atoms with E-state index in [1.54, 1.807) is 0 Å². The van der Waals surface area contributed by atoms with Gasteiger partial charge in [0.15, 0.2) is 5.00 Å². The molecule has 0 aliphatic rings. The zero-order chi connectivity index (χ0) is 15.7. The maximum absolute atomic E-state index is 12.4. The summed E-state index contributed by atoms with van der Waals surface area (Å²) in [6.07, 6.45) is 0.707. The molecule has 1 rings (SSSR count). The third-order valence-corrected chi connectivity index (χ3v) is 6.36. The summed E-state index contributed by atoms with van der Waals surface area (Å²) in [7, 11) is -2.28. The Hall–Kier alpha value is -1.19. The predicted molar refractivity (Wildman–Crippen MR) is 79.3 cm³/mol. The van der Waals surface area contributed by atoms with Crippen LogP contribution in [0.15, 0.2) is 10.3 Å². The van der Waals surface area contributed by atoms with E-state index in [-0.39, 0.29) is 20.9 Å². The molecule has 0 bridgehead atoms. The number of nitrogen functional groups attached to an aromatic ring is 1. The van der Waals surface area contributed by atoms with Crippen LogP contribution in [0.3, 0.4) is 0 Å². The Labute approximate surface area is 122 Å². The van der Waals surface area contributed by atoms with Gasteiger partial charge in [0.05, 0.1) is 4.92 Å². The lowest BCUT2D eigenvalue weighted by molar-refractivity contribution is -0.383. The largest absolute Gasteiger partial charge is 0.385 e. The van der Waals surface area contributed by atoms with Crippen LogP contribution >= 0.6 is 11.3 Å². The van der Waals surface area contributed by atoms with E-state index in [1.807, 2.05) is 20.8 Å². The number of rotatable bonds is 6. The summed E-state index contributed by atoms with van der Waals surface area (Å²) in [6.45, 7) is 5.82. The van der Waals surface area contributed by atoms with Crippen LogP contribution < -0.4 is 5.73 Å². The number of hydrogen-bond donors (Lipinski definition) is 1. The minimum Gasteiger partial charge on any atom is -0.385 e. The Kier molecular flexibility index (Phi) is 5.11. The summed E-state index contributed by atoms with van der Waals surface area (Å²) < 4.78 is 25.9. The van der Waals surface area contributed by atoms with Crippen molar-refractivity contribution < 1.29 is 13.3 Å². The van der Waals surface area contributed by atoms with Gasteiger partial charge in [0.25, 0.3) is 10.0 Å². The van der Waals surface area contributed by atoms with Gasteiger partial charge in [0.2, 0.25) is 0 Å². The molecule has 1 aromatic rings. The predicted octanol–water partition coefficient (Wildman–Crippen LogP) is 2.29. The molecule has 0 saturated heterocycles. The van der Waals surface area contributed by atoms with E-state index in [0.717, 1.165) is 17.4 Å². The lowest BCUT2D eigenvalue weighted by Gasteiger charge is -2.24. The van der Waals surface area contributed by atoms with Crippen LogP contribution in [-0.2, 0) is 10.0 Å². The van der Waals surface area contributed by atoms with Gasteiger partial charge in [0.1, 0.15) is 4.21 Å². The van der Waals surface area contributed by atoms with Crippen molar-refractivity contribution in [2.75, 3.05) is 12.8 Å². The minimum absolute atomic E-state index is 0.0974. The van der Waals surface area contributed by atoms with Gasteiger partial charge < -0.3 is 5.73 Å². The highest BCUT2D eigenvalue weighted by Crippen LogP contribution is 2.36. The molecule has 20 heavy (non-hydrogen) atoms. The number of anilines is 1. The third kappa shape index (κ3) is 3.47. The molecule has 7 nitrogen and oxygen atoms in total. The number of nitrogens with two attached hydrogens (primary N) is 1. The summed E-state index contributed by atoms with van der Waals surface area (Å²) in [6, 6.07) is 0.830. The van der Waals surface area contributed by atoms with Crippen molar-refractivity contribution in [1.82, 2.24) is 4.31 Å². The van der Waals surface area contributed by atoms with E-state index < -0.39 is 14.9 Å². The second kappa shape index (κ2) is 6.06. The van der Waals surface area contributed by atoms with Crippen molar-refractivity contribution in [3.63, 3.8) is 0 Å². The van der Waals surface area contributed by atoms with Crippen molar-refractivity contribution >= 4 is 32.0 Å². The fourth-order valence-corrected chi connectivity index (χ4v) is 4.63. The summed E-state index contributed by atoms with van der Waals surface area (Å²) in [5.74, 6) is 0.352. The average Bonchev–Trinajstić information content (AvgIpc) is 2.70. The fraction of sp³-hybridized carbons (Fsp3) is 0.636. The van der Waals surface area contributed by atoms with Crippen molar-refractivity contribution in [1.29, 1.82) is 0 Å². The van der Waals surface area contributed by atoms with Crippen LogP contribution in [-0.4, -0.2) is 30.7 Å². The number of sulfonamides is 1. The number of nitrogens with zero attached hydrogens (tertiary/aromatic N) is 2. The Morgan fingerprint density at radius 3 is 2.40 bits per heavy atom. The molecule has 0 aliphatic heterocycles. The molecule has 0 aromatic carbocycles. The van der Waals surface area contributed by atoms with Crippen LogP contribution in [0.25, 0.3) is 0 Å². The number of nitro groups is 1. The van der Waals surface area contributed by atoms with Gasteiger partial charge in [-0.2, -0.15) is 4.31 Å². The zero-order valence-corrected chi connectivity index (χ0v) is 13.5. The topological polar surface area (TPSA) is 107 Å². The molecular weight excluding hydrogens is 302 g/mol. The monoisotopic (exact) mass is 321 g/mol. The SMILES string of the molecule is CC(C)CC(C)N(C)S(=O)(=O)c1cc([N+](=O)[O-])c(N)s1. The van der Waals surface area contributed by atoms with E-state index in [2.05, 4.69) is 0 Å². The zero-order valence-electron chi connectivity index (χ0n) is 11.9. The molecule has 114 valence electrons. The maximum atomic E-state index is 12.4. The first-order chi connectivity index (χ1) is 9.07. The summed E-state index contributed by atoms with van der Waals surface area (Å²) in [5, 5.41) is 10.6. The molecule has 0 aliphatic carbocycles. The summed E-state index contributed by atoms with van der Waals surface area (Å²) >= 11 is 0.721. The Morgan fingerprint density at radius 2 is 2.00 bits per heavy atom. The van der Waals surface area contributed by atoms with Gasteiger partial charge in [0, 0.05) is 19.2 Å². The molecule has 1 unspecified atom stereocenters. The van der Waals surface area contributed by atoms with Crippen molar-refractivity contribution in [3.05, 3.63) is 16.2 Å². The molecular formula is C11H19N3O4S2. The standard InChI is InChI=1S/C11H19N3O4S2/c1-7(2)5-8(3)13(4)20(17,18)10-6-9(14(15)16)11(12)19-10/h6-8H,5,12H2,1-4H3. The second-order valence-corrected chi connectivity index (χ2v) is 8.38. The molecule has 0 fully saturated rings. The lowest BCUT2D eigenvalue weighted by atomic mass is 10.1. The first-order valence-electron chi connectivity index (χ1n) is 6.09. The Bertz CT molecular complexity index is 595. The van der Waals surface area contributed by atoms with Crippen LogP contribution in [0.1, 0.15) is 27.2 Å². The number of thiophene rings is 1. The highest BCUT2D eigenvalue weighted by molar-refractivity contribution is 7.91. The quantitative estimate of drug-likeness (QED) is 0.639. The van der Waals surface area contributed by atoms with E-state index >= 15 is 0 Å². The highest BCUT2D eigenvalue weighted by Gasteiger charge is 2.30. The van der Waals surface area contributed by atoms with Gasteiger partial charge in [-0.05, 0) is 19.3 Å². The van der Waals surface area contributed by atoms with Crippen LogP contribution in [0.4, 0.5) is 10.7 Å². The van der Waals surface area contributed by atoms with E-state index in [0.29, 0.717) is 12.3 Å². The minimum atomic E-state index is -3.75. The Morgan fingerprint density at radius 1 is 1.45 bits per heavy atom. The maximum Gasteiger partial charge on any atom is 0.304 e. The molecule has 1 heterocycles. The van der Waals surface area contributed by atoms with E-state index in [4.69, 9.17) is 5.73 Å². The fourth-order valence-electron chi connectivity index (χ4n) is 1.85. The average molecular weight is 321 g/mol. The molecule has 0 radical (unpaired) electrons. The molecule has 1 aromatic heterocycles. The smallest absolute Gasteiger partial charge is 0.304 e. The van der Waals surface area contributed by atoms with Crippen molar-refractivity contribution in [3.8, 4) is 0 Å². The Balaban J connectivity index is 3.10. The third-order valence-electron chi connectivity index (χ3n) is 2.98. The van der Waals surface area contributed by atoms with E-state index in [9.17, 15) is 18.5 Å². The second-order valence-electron chi connectivity index (χ2n) is 5.07. The van der Waals surface area contributed by atoms with Crippen LogP contribution in [0.2, 0.25) is 0 Å². The van der Waals surface area contributed by atoms with Gasteiger partial charge >= 0.3 is 5.69 Å². The molecule has 9 heteroatoms. The van der Waals surface area contributed by atoms with Gasteiger partial charge in [-0.25, -0.2) is 8.42 Å². The van der Waals surface area contributed by atoms with E-state index in [1.165, 1.54) is 11.4 Å². The van der Waals surface area contributed by atoms with Crippen LogP contribution in [0, 0.1) is 16.0 Å². The molecule has 1 atom stereocenters. The van der Waals surface area contributed by atoms with Gasteiger partial charge in [-0.3, -0.25) is 10.1 Å². The highest BCUT2D eigenvalue weighted by atomic mass is 32.2. The molecule has 0 spiro atoms. The van der Waals surface area contributed by atoms with Crippen molar-refractivity contribution in [2.45, 2.75) is 37.4 Å². The molecule has 0 amide bonds. The first kappa shape index (κ1) is 16.9. The molecule has 0 saturated carbocycles. The normalized spacial score (nSPS) is 13.9. The first-order valence-corrected chi connectivity index (χ1v) is 8.34. The summed E-state index contributed by atoms with van der Waals surface area (Å²) in [5.41, 5.74) is 5.13. The number of hydrogen-bond acceptors (Lipinski definition) is 6. The van der Waals surface area contributed by atoms with Crippen molar-refractivity contribution in [2.24, 2.45) is 5.92 Å². The van der Waals surface area contributed by atoms with Gasteiger partial charge in [-0.15, -0.1) is 0 Å². The lowest BCUT2D eigenvalue weighted by Crippen LogP contribution is -2.35. The van der Waals surface area contributed by atoms with Gasteiger partial charge in [-0.1, -0.05) is 25.2 Å². The summed E-state index contributed by atoms with van der Waals surface area (Å²) in [4.78, 5) is 10.1.